The van der Waals surface area contributed by atoms with E-state index < -0.39 is 0 Å². The van der Waals surface area contributed by atoms with Crippen molar-refractivity contribution in [3.05, 3.63) is 35.6 Å². The molecule has 1 heterocycles. The fraction of sp³-hybridized carbons (Fsp3) is 0.562. The largest absolute Gasteiger partial charge is 0.342 e. The van der Waals surface area contributed by atoms with E-state index in [-0.39, 0.29) is 30.0 Å². The molecule has 21 heavy (non-hydrogen) atoms. The highest BCUT2D eigenvalue weighted by molar-refractivity contribution is 5.85. The van der Waals surface area contributed by atoms with Crippen LogP contribution in [0.3, 0.4) is 0 Å². The van der Waals surface area contributed by atoms with Gasteiger partial charge in [0.15, 0.2) is 0 Å². The minimum absolute atomic E-state index is 0. The lowest BCUT2D eigenvalue weighted by Crippen LogP contribution is -2.31. The normalized spacial score (nSPS) is 27.3. The van der Waals surface area contributed by atoms with E-state index in [0.717, 1.165) is 38.0 Å². The number of carbonyl (C=O) groups is 1. The Morgan fingerprint density at radius 3 is 2.76 bits per heavy atom. The van der Waals surface area contributed by atoms with Crippen LogP contribution >= 0.6 is 12.4 Å². The number of nitrogens with one attached hydrogen (secondary N) is 1. The SMILES string of the molecule is CNCC1CCN(C(=O)C2CC2c2ccc(F)cc2)C1.Cl. The molecule has 0 spiro atoms. The zero-order valence-corrected chi connectivity index (χ0v) is 13.0. The van der Waals surface area contributed by atoms with Crippen LogP contribution in [0.5, 0.6) is 0 Å². The van der Waals surface area contributed by atoms with Gasteiger partial charge in [0.25, 0.3) is 0 Å². The Labute approximate surface area is 131 Å². The molecule has 1 aliphatic carbocycles. The van der Waals surface area contributed by atoms with Crippen molar-refractivity contribution in [3.8, 4) is 0 Å². The van der Waals surface area contributed by atoms with Crippen LogP contribution in [0.4, 0.5) is 4.39 Å². The lowest BCUT2D eigenvalue weighted by Gasteiger charge is -2.16. The Bertz CT molecular complexity index is 494. The van der Waals surface area contributed by atoms with Gasteiger partial charge in [-0.25, -0.2) is 4.39 Å². The molecule has 1 amide bonds. The molecule has 1 N–H and O–H groups in total. The van der Waals surface area contributed by atoms with E-state index in [1.54, 1.807) is 12.1 Å². The van der Waals surface area contributed by atoms with Gasteiger partial charge in [0.05, 0.1) is 0 Å². The average Bonchev–Trinajstić information content (AvgIpc) is 3.11. The predicted molar refractivity (Wildman–Crippen MR) is 83.1 cm³/mol. The third-order valence-electron chi connectivity index (χ3n) is 4.50. The van der Waals surface area contributed by atoms with Gasteiger partial charge in [-0.3, -0.25) is 4.79 Å². The zero-order valence-electron chi connectivity index (χ0n) is 12.2. The van der Waals surface area contributed by atoms with E-state index in [1.165, 1.54) is 12.1 Å². The molecule has 5 heteroatoms. The number of hydrogen-bond acceptors (Lipinski definition) is 2. The van der Waals surface area contributed by atoms with Gasteiger partial charge in [0, 0.05) is 19.0 Å². The summed E-state index contributed by atoms with van der Waals surface area (Å²) in [7, 11) is 1.95. The fourth-order valence-corrected chi connectivity index (χ4v) is 3.27. The van der Waals surface area contributed by atoms with E-state index in [1.807, 2.05) is 11.9 Å². The fourth-order valence-electron chi connectivity index (χ4n) is 3.27. The number of hydrogen-bond donors (Lipinski definition) is 1. The van der Waals surface area contributed by atoms with Gasteiger partial charge in [-0.15, -0.1) is 12.4 Å². The van der Waals surface area contributed by atoms with E-state index in [4.69, 9.17) is 0 Å². The maximum atomic E-state index is 12.9. The van der Waals surface area contributed by atoms with Crippen LogP contribution in [-0.2, 0) is 4.79 Å². The van der Waals surface area contributed by atoms with Crippen LogP contribution in [0.1, 0.15) is 24.3 Å². The number of nitrogens with zero attached hydrogens (tertiary/aromatic N) is 1. The highest BCUT2D eigenvalue weighted by Gasteiger charge is 2.46. The molecule has 2 fully saturated rings. The molecule has 1 aliphatic heterocycles. The van der Waals surface area contributed by atoms with Crippen molar-refractivity contribution in [1.82, 2.24) is 10.2 Å². The molecule has 0 aromatic heterocycles. The first-order valence-electron chi connectivity index (χ1n) is 7.38. The summed E-state index contributed by atoms with van der Waals surface area (Å²) in [5, 5.41) is 3.18. The topological polar surface area (TPSA) is 32.3 Å². The van der Waals surface area contributed by atoms with E-state index in [9.17, 15) is 9.18 Å². The van der Waals surface area contributed by atoms with Gasteiger partial charge in [-0.05, 0) is 56.0 Å². The standard InChI is InChI=1S/C16H21FN2O.ClH/c1-18-9-11-6-7-19(10-11)16(20)15-8-14(15)12-2-4-13(17)5-3-12;/h2-5,11,14-15,18H,6-10H2,1H3;1H. The maximum Gasteiger partial charge on any atom is 0.226 e. The van der Waals surface area contributed by atoms with Crippen molar-refractivity contribution in [3.63, 3.8) is 0 Å². The summed E-state index contributed by atoms with van der Waals surface area (Å²) in [6, 6.07) is 6.57. The van der Waals surface area contributed by atoms with Gasteiger partial charge in [0.2, 0.25) is 5.91 Å². The van der Waals surface area contributed by atoms with Gasteiger partial charge >= 0.3 is 0 Å². The Morgan fingerprint density at radius 2 is 2.10 bits per heavy atom. The molecule has 1 aromatic carbocycles. The lowest BCUT2D eigenvalue weighted by atomic mass is 10.1. The second-order valence-corrected chi connectivity index (χ2v) is 6.00. The molecule has 3 rings (SSSR count). The summed E-state index contributed by atoms with van der Waals surface area (Å²) >= 11 is 0. The van der Waals surface area contributed by atoms with E-state index >= 15 is 0 Å². The van der Waals surface area contributed by atoms with Crippen molar-refractivity contribution >= 4 is 18.3 Å². The van der Waals surface area contributed by atoms with E-state index in [2.05, 4.69) is 5.32 Å². The molecule has 3 atom stereocenters. The molecule has 1 aromatic rings. The van der Waals surface area contributed by atoms with Gasteiger partial charge in [0.1, 0.15) is 5.82 Å². The summed E-state index contributed by atoms with van der Waals surface area (Å²) < 4.78 is 12.9. The second kappa shape index (κ2) is 6.75. The monoisotopic (exact) mass is 312 g/mol. The third-order valence-corrected chi connectivity index (χ3v) is 4.50. The zero-order chi connectivity index (χ0) is 14.1. The third kappa shape index (κ3) is 3.55. The smallest absolute Gasteiger partial charge is 0.226 e. The first-order chi connectivity index (χ1) is 9.69. The minimum Gasteiger partial charge on any atom is -0.342 e. The Balaban J connectivity index is 0.00000161. The van der Waals surface area contributed by atoms with Crippen LogP contribution in [0.2, 0.25) is 0 Å². The van der Waals surface area contributed by atoms with Crippen molar-refractivity contribution in [2.75, 3.05) is 26.7 Å². The summed E-state index contributed by atoms with van der Waals surface area (Å²) in [5.41, 5.74) is 1.09. The molecule has 0 radical (unpaired) electrons. The number of likely N-dealkylation sites (tertiary alicyclic amines) is 1. The first kappa shape index (κ1) is 16.2. The van der Waals surface area contributed by atoms with Gasteiger partial charge in [-0.2, -0.15) is 0 Å². The molecular formula is C16H22ClFN2O. The minimum atomic E-state index is -0.216. The first-order valence-corrected chi connectivity index (χ1v) is 7.38. The van der Waals surface area contributed by atoms with Crippen molar-refractivity contribution < 1.29 is 9.18 Å². The molecule has 2 aliphatic rings. The molecule has 116 valence electrons. The second-order valence-electron chi connectivity index (χ2n) is 6.00. The Morgan fingerprint density at radius 1 is 1.38 bits per heavy atom. The summed E-state index contributed by atoms with van der Waals surface area (Å²) in [6.45, 7) is 2.75. The Kier molecular flexibility index (Phi) is 5.22. The van der Waals surface area contributed by atoms with Gasteiger partial charge in [-0.1, -0.05) is 12.1 Å². The lowest BCUT2D eigenvalue weighted by molar-refractivity contribution is -0.131. The van der Waals surface area contributed by atoms with Crippen LogP contribution < -0.4 is 5.32 Å². The summed E-state index contributed by atoms with van der Waals surface area (Å²) in [5.74, 6) is 1.08. The molecule has 3 unspecified atom stereocenters. The molecule has 3 nitrogen and oxygen atoms in total. The average molecular weight is 313 g/mol. The molecule has 0 bridgehead atoms. The van der Waals surface area contributed by atoms with Crippen LogP contribution in [0.15, 0.2) is 24.3 Å². The number of halogens is 2. The Hall–Kier alpha value is -1.13. The summed E-state index contributed by atoms with van der Waals surface area (Å²) in [6.07, 6.45) is 2.01. The van der Waals surface area contributed by atoms with Crippen LogP contribution in [0, 0.1) is 17.7 Å². The highest BCUT2D eigenvalue weighted by Crippen LogP contribution is 2.48. The molecule has 1 saturated carbocycles. The highest BCUT2D eigenvalue weighted by atomic mass is 35.5. The number of carbonyl (C=O) groups excluding carboxylic acids is 1. The predicted octanol–water partition coefficient (Wildman–Crippen LogP) is 2.42. The van der Waals surface area contributed by atoms with Gasteiger partial charge < -0.3 is 10.2 Å². The van der Waals surface area contributed by atoms with Crippen LogP contribution in [0.25, 0.3) is 0 Å². The number of benzene rings is 1. The molecule has 1 saturated heterocycles. The number of rotatable bonds is 4. The number of amides is 1. The van der Waals surface area contributed by atoms with Crippen molar-refractivity contribution in [2.45, 2.75) is 18.8 Å². The maximum absolute atomic E-state index is 12.9. The van der Waals surface area contributed by atoms with Crippen molar-refractivity contribution in [1.29, 1.82) is 0 Å². The quantitative estimate of drug-likeness (QED) is 0.926. The van der Waals surface area contributed by atoms with Crippen molar-refractivity contribution in [2.24, 2.45) is 11.8 Å². The van der Waals surface area contributed by atoms with Crippen LogP contribution in [-0.4, -0.2) is 37.5 Å². The molecular weight excluding hydrogens is 291 g/mol. The van der Waals surface area contributed by atoms with E-state index in [0.29, 0.717) is 11.8 Å². The summed E-state index contributed by atoms with van der Waals surface area (Å²) in [4.78, 5) is 14.4.